The second-order valence-corrected chi connectivity index (χ2v) is 3.45. The summed E-state index contributed by atoms with van der Waals surface area (Å²) in [7, 11) is 0. The standard InChI is InChI=1S/C12H14N2O/c1-9-11(3-2-7-14-9)12-10(4-6-13)5-8-15-12/h2-3,5,7-8H,4,6,13H2,1H3. The minimum atomic E-state index is 0.631. The summed E-state index contributed by atoms with van der Waals surface area (Å²) in [6.07, 6.45) is 4.32. The molecular weight excluding hydrogens is 188 g/mol. The van der Waals surface area contributed by atoms with Crippen molar-refractivity contribution in [2.45, 2.75) is 13.3 Å². The van der Waals surface area contributed by atoms with Crippen molar-refractivity contribution in [3.8, 4) is 11.3 Å². The monoisotopic (exact) mass is 202 g/mol. The first kappa shape index (κ1) is 9.93. The maximum Gasteiger partial charge on any atom is 0.138 e. The number of aryl methyl sites for hydroxylation is 1. The first-order chi connectivity index (χ1) is 7.33. The first-order valence-electron chi connectivity index (χ1n) is 5.01. The van der Waals surface area contributed by atoms with Crippen molar-refractivity contribution < 1.29 is 4.42 Å². The molecule has 2 heterocycles. The van der Waals surface area contributed by atoms with Crippen molar-refractivity contribution in [1.29, 1.82) is 0 Å². The van der Waals surface area contributed by atoms with E-state index in [1.165, 1.54) is 0 Å². The van der Waals surface area contributed by atoms with Crippen molar-refractivity contribution in [1.82, 2.24) is 4.98 Å². The van der Waals surface area contributed by atoms with E-state index in [-0.39, 0.29) is 0 Å². The van der Waals surface area contributed by atoms with Crippen LogP contribution in [0.4, 0.5) is 0 Å². The summed E-state index contributed by atoms with van der Waals surface area (Å²) in [6.45, 7) is 2.61. The number of hydrogen-bond acceptors (Lipinski definition) is 3. The van der Waals surface area contributed by atoms with Crippen LogP contribution in [0.25, 0.3) is 11.3 Å². The molecule has 2 rings (SSSR count). The highest BCUT2D eigenvalue weighted by Crippen LogP contribution is 2.26. The number of nitrogens with zero attached hydrogens (tertiary/aromatic N) is 1. The molecule has 0 aliphatic heterocycles. The Labute approximate surface area is 88.9 Å². The Morgan fingerprint density at radius 3 is 3.00 bits per heavy atom. The Hall–Kier alpha value is -1.61. The lowest BCUT2D eigenvalue weighted by atomic mass is 10.1. The summed E-state index contributed by atoms with van der Waals surface area (Å²) in [6, 6.07) is 5.90. The Kier molecular flexibility index (Phi) is 2.83. The molecule has 3 heteroatoms. The third-order valence-corrected chi connectivity index (χ3v) is 2.41. The zero-order valence-electron chi connectivity index (χ0n) is 8.73. The largest absolute Gasteiger partial charge is 0.464 e. The van der Waals surface area contributed by atoms with Crippen LogP contribution < -0.4 is 5.73 Å². The van der Waals surface area contributed by atoms with Crippen LogP contribution in [0.1, 0.15) is 11.3 Å². The van der Waals surface area contributed by atoms with Crippen molar-refractivity contribution in [3.05, 3.63) is 41.9 Å². The van der Waals surface area contributed by atoms with Gasteiger partial charge in [-0.2, -0.15) is 0 Å². The van der Waals surface area contributed by atoms with Crippen LogP contribution in [-0.2, 0) is 6.42 Å². The van der Waals surface area contributed by atoms with Crippen molar-refractivity contribution in [2.75, 3.05) is 6.54 Å². The Morgan fingerprint density at radius 2 is 2.27 bits per heavy atom. The molecule has 0 aromatic carbocycles. The fourth-order valence-electron chi connectivity index (χ4n) is 1.65. The van der Waals surface area contributed by atoms with E-state index < -0.39 is 0 Å². The summed E-state index contributed by atoms with van der Waals surface area (Å²) < 4.78 is 5.49. The van der Waals surface area contributed by atoms with Gasteiger partial charge in [-0.1, -0.05) is 0 Å². The highest BCUT2D eigenvalue weighted by atomic mass is 16.3. The molecule has 15 heavy (non-hydrogen) atoms. The summed E-state index contributed by atoms with van der Waals surface area (Å²) >= 11 is 0. The molecule has 0 aliphatic carbocycles. The fraction of sp³-hybridized carbons (Fsp3) is 0.250. The van der Waals surface area contributed by atoms with E-state index in [1.54, 1.807) is 12.5 Å². The van der Waals surface area contributed by atoms with Crippen LogP contribution in [-0.4, -0.2) is 11.5 Å². The van der Waals surface area contributed by atoms with Crippen LogP contribution in [0.2, 0.25) is 0 Å². The number of furan rings is 1. The molecule has 2 aromatic heterocycles. The van der Waals surface area contributed by atoms with E-state index in [9.17, 15) is 0 Å². The molecule has 78 valence electrons. The van der Waals surface area contributed by atoms with Gasteiger partial charge in [-0.05, 0) is 43.7 Å². The molecule has 0 fully saturated rings. The molecular formula is C12H14N2O. The van der Waals surface area contributed by atoms with Gasteiger partial charge in [0.25, 0.3) is 0 Å². The average molecular weight is 202 g/mol. The third kappa shape index (κ3) is 1.92. The Bertz CT molecular complexity index is 448. The van der Waals surface area contributed by atoms with Crippen molar-refractivity contribution in [3.63, 3.8) is 0 Å². The van der Waals surface area contributed by atoms with Gasteiger partial charge in [-0.25, -0.2) is 0 Å². The maximum atomic E-state index is 5.55. The number of hydrogen-bond donors (Lipinski definition) is 1. The van der Waals surface area contributed by atoms with Gasteiger partial charge in [0.2, 0.25) is 0 Å². The molecule has 0 aliphatic rings. The van der Waals surface area contributed by atoms with Crippen LogP contribution >= 0.6 is 0 Å². The molecule has 0 bridgehead atoms. The highest BCUT2D eigenvalue weighted by molar-refractivity contribution is 5.63. The molecule has 0 spiro atoms. The van der Waals surface area contributed by atoms with Crippen molar-refractivity contribution in [2.24, 2.45) is 5.73 Å². The van der Waals surface area contributed by atoms with Gasteiger partial charge >= 0.3 is 0 Å². The van der Waals surface area contributed by atoms with E-state index in [2.05, 4.69) is 4.98 Å². The summed E-state index contributed by atoms with van der Waals surface area (Å²) in [5.74, 6) is 0.894. The Balaban J connectivity index is 2.45. The van der Waals surface area contributed by atoms with E-state index >= 15 is 0 Å². The van der Waals surface area contributed by atoms with Crippen molar-refractivity contribution >= 4 is 0 Å². The van der Waals surface area contributed by atoms with Gasteiger partial charge in [0.05, 0.1) is 6.26 Å². The first-order valence-corrected chi connectivity index (χ1v) is 5.01. The molecule has 0 atom stereocenters. The lowest BCUT2D eigenvalue weighted by Crippen LogP contribution is -2.02. The molecule has 2 N–H and O–H groups in total. The normalized spacial score (nSPS) is 10.5. The number of pyridine rings is 1. The number of nitrogens with two attached hydrogens (primary N) is 1. The van der Waals surface area contributed by atoms with Gasteiger partial charge in [0, 0.05) is 17.5 Å². The van der Waals surface area contributed by atoms with E-state index in [4.69, 9.17) is 10.2 Å². The number of aromatic nitrogens is 1. The third-order valence-electron chi connectivity index (χ3n) is 2.41. The summed E-state index contributed by atoms with van der Waals surface area (Å²) in [5.41, 5.74) is 8.72. The van der Waals surface area contributed by atoms with Gasteiger partial charge in [0.1, 0.15) is 5.76 Å². The molecule has 0 saturated carbocycles. The minimum Gasteiger partial charge on any atom is -0.464 e. The summed E-state index contributed by atoms with van der Waals surface area (Å²) in [4.78, 5) is 4.25. The van der Waals surface area contributed by atoms with Crippen LogP contribution in [0, 0.1) is 6.92 Å². The average Bonchev–Trinajstić information content (AvgIpc) is 2.67. The number of rotatable bonds is 3. The smallest absolute Gasteiger partial charge is 0.138 e. The Morgan fingerprint density at radius 1 is 1.40 bits per heavy atom. The lowest BCUT2D eigenvalue weighted by molar-refractivity contribution is 0.578. The predicted molar refractivity (Wildman–Crippen MR) is 59.4 cm³/mol. The lowest BCUT2D eigenvalue weighted by Gasteiger charge is -2.03. The topological polar surface area (TPSA) is 52.0 Å². The maximum absolute atomic E-state index is 5.55. The zero-order valence-corrected chi connectivity index (χ0v) is 8.73. The van der Waals surface area contributed by atoms with Gasteiger partial charge in [0.15, 0.2) is 0 Å². The SMILES string of the molecule is Cc1ncccc1-c1occc1CCN. The van der Waals surface area contributed by atoms with E-state index in [0.717, 1.165) is 29.0 Å². The van der Waals surface area contributed by atoms with E-state index in [1.807, 2.05) is 25.1 Å². The zero-order chi connectivity index (χ0) is 10.7. The molecule has 0 saturated heterocycles. The molecule has 0 unspecified atom stereocenters. The minimum absolute atomic E-state index is 0.631. The fourth-order valence-corrected chi connectivity index (χ4v) is 1.65. The highest BCUT2D eigenvalue weighted by Gasteiger charge is 2.10. The molecule has 3 nitrogen and oxygen atoms in total. The predicted octanol–water partition coefficient (Wildman–Crippen LogP) is 2.15. The quantitative estimate of drug-likeness (QED) is 0.829. The van der Waals surface area contributed by atoms with E-state index in [0.29, 0.717) is 6.54 Å². The van der Waals surface area contributed by atoms with Crippen LogP contribution in [0.3, 0.4) is 0 Å². The molecule has 0 amide bonds. The second kappa shape index (κ2) is 4.28. The van der Waals surface area contributed by atoms with Gasteiger partial charge in [-0.15, -0.1) is 0 Å². The second-order valence-electron chi connectivity index (χ2n) is 3.45. The van der Waals surface area contributed by atoms with Crippen LogP contribution in [0.15, 0.2) is 35.1 Å². The van der Waals surface area contributed by atoms with Crippen LogP contribution in [0.5, 0.6) is 0 Å². The molecule has 0 radical (unpaired) electrons. The van der Waals surface area contributed by atoms with Gasteiger partial charge < -0.3 is 10.2 Å². The van der Waals surface area contributed by atoms with Gasteiger partial charge in [-0.3, -0.25) is 4.98 Å². The molecule has 2 aromatic rings. The summed E-state index contributed by atoms with van der Waals surface area (Å²) in [5, 5.41) is 0.